The summed E-state index contributed by atoms with van der Waals surface area (Å²) in [5, 5.41) is 83.7. The predicted octanol–water partition coefficient (Wildman–Crippen LogP) is 5.88. The van der Waals surface area contributed by atoms with Gasteiger partial charge in [0.2, 0.25) is 41.4 Å². The molecule has 5 aliphatic carbocycles. The number of aliphatic hydroxyl groups is 5. The molecule has 9 aliphatic rings. The maximum absolute atomic E-state index is 15.0. The lowest BCUT2D eigenvalue weighted by Gasteiger charge is -2.56. The van der Waals surface area contributed by atoms with Gasteiger partial charge in [0.25, 0.3) is 0 Å². The summed E-state index contributed by atoms with van der Waals surface area (Å²) in [7, 11) is 1.93. The summed E-state index contributed by atoms with van der Waals surface area (Å²) < 4.78 is 35.0. The molecule has 4 heterocycles. The molecule has 16 atom stereocenters. The van der Waals surface area contributed by atoms with Gasteiger partial charge >= 0.3 is 6.03 Å². The van der Waals surface area contributed by atoms with Crippen LogP contribution >= 0.6 is 0 Å². The molecular weight excluding hydrogens is 1810 g/mol. The average Bonchev–Trinajstić information content (AvgIpc) is 1.37. The number of allylic oxidation sites excluding steroid dienone is 1. The number of imide groups is 1. The van der Waals surface area contributed by atoms with Crippen molar-refractivity contribution in [1.29, 1.82) is 0 Å². The fraction of sp³-hybridized carbons (Fsp3) is 0.625. The number of phenolic OH excluding ortho intramolecular Hbond substituents is 1. The number of carbonyl (C=O) groups excluding carboxylic acids is 11. The largest absolute Gasteiger partial charge is 0.508 e. The lowest BCUT2D eigenvalue weighted by molar-refractivity contribution is -0.266. The molecule has 37 heteroatoms. The number of para-hydroxylation sites is 1. The highest BCUT2D eigenvalue weighted by Crippen LogP contribution is 2.60. The highest BCUT2D eigenvalue weighted by Gasteiger charge is 2.59. The molecule has 2 saturated carbocycles. The molecule has 1 unspecified atom stereocenters. The minimum Gasteiger partial charge on any atom is -0.508 e. The lowest BCUT2D eigenvalue weighted by Crippen LogP contribution is -2.64. The Morgan fingerprint density at radius 3 is 1.90 bits per heavy atom. The monoisotopic (exact) mass is 1960 g/mol. The van der Waals surface area contributed by atoms with Crippen LogP contribution in [0.3, 0.4) is 0 Å². The number of amides is 9. The number of carbonyl (C=O) groups is 11. The van der Waals surface area contributed by atoms with E-state index in [4.69, 9.17) is 34.2 Å². The van der Waals surface area contributed by atoms with Gasteiger partial charge < -0.3 is 107 Å². The van der Waals surface area contributed by atoms with Gasteiger partial charge in [0.05, 0.1) is 111 Å². The Balaban J connectivity index is 0.579. The number of rotatable bonds is 48. The Morgan fingerprint density at radius 2 is 1.23 bits per heavy atom. The highest BCUT2D eigenvalue weighted by atomic mass is 16.6. The van der Waals surface area contributed by atoms with Gasteiger partial charge in [-0.2, -0.15) is 0 Å². The number of ether oxygens (including phenoxy) is 6. The van der Waals surface area contributed by atoms with E-state index in [1.807, 2.05) is 105 Å². The normalized spacial score (nSPS) is 25.4. The number of hydrogen-bond donors (Lipinski definition) is 17. The summed E-state index contributed by atoms with van der Waals surface area (Å²) in [6, 6.07) is 22.4. The molecule has 0 spiro atoms. The summed E-state index contributed by atoms with van der Waals surface area (Å²) >= 11 is 0. The first-order valence-electron chi connectivity index (χ1n) is 50.6. The Kier molecular flexibility index (Phi) is 38.1. The van der Waals surface area contributed by atoms with Gasteiger partial charge in [0, 0.05) is 82.3 Å². The van der Waals surface area contributed by atoms with Crippen molar-refractivity contribution in [3.63, 3.8) is 0 Å². The molecule has 0 radical (unpaired) electrons. The van der Waals surface area contributed by atoms with Crippen LogP contribution in [0.5, 0.6) is 5.75 Å². The molecule has 4 aromatic carbocycles. The third-order valence-corrected chi connectivity index (χ3v) is 30.7. The van der Waals surface area contributed by atoms with E-state index >= 15 is 4.79 Å². The van der Waals surface area contributed by atoms with E-state index in [1.165, 1.54) is 10.6 Å². The first-order valence-corrected chi connectivity index (χ1v) is 50.6. The maximum atomic E-state index is 15.0. The number of anilines is 1. The number of benzene rings is 4. The standard InChI is InChI=1S/C104H148N14O23/c1-63(2)88(80(124)57-67(22-17-46-107-100(105)135)95(131)109-76(60-119)79(123)56-64-30-31-65-33-37-83-101(3,73(65)55-64)41-19-43-103(83,5)98(133)111-99(134)104(6)44-20-42-102(4)74-58-70(122)35-32-66(74)34-38-84(102)104)110-96(132)75(26-15-16-45-106-86(126)62-140-81-29-10-8-9-28-78-90(81)113-115-118(78)97-94(130)93(129)92(128)82(61-120)141-97)108-85(125)40-48-137-50-52-139-54-53-138-51-49-136-47-18-23-69(121)36-39-87(127)117-59-68-21-11-12-24-71(68)91-89(112-114-116(91)7)72-25-13-14-27-77(72)117/h11-14,21,24-25,27,30-32,35,55,58,63,67,75-76,81-84,88,92-94,97,112-115,119-120,122,128-130H,8-10,15-20,22-23,26,28-29,33-34,36-54,56-57,59-62H2,1-7H3,(H,106,126)(H,108,125)(H,109,131)(H,110,132)(H3,105,107,135)(H,111,133,134)/t67-,75-,76+,81?,82-,83-,84-,88+,92+,93+,94-,97-,101-,102-,103+,104+/m1/s1. The van der Waals surface area contributed by atoms with Crippen molar-refractivity contribution in [3.8, 4) is 5.75 Å². The minimum atomic E-state index is -1.62. The zero-order chi connectivity index (χ0) is 101. The molecule has 141 heavy (non-hydrogen) atoms. The van der Waals surface area contributed by atoms with Crippen molar-refractivity contribution < 1.29 is 112 Å². The predicted molar refractivity (Wildman–Crippen MR) is 521 cm³/mol. The molecule has 37 nitrogen and oxygen atoms in total. The average molecular weight is 1960 g/mol. The smallest absolute Gasteiger partial charge is 0.312 e. The van der Waals surface area contributed by atoms with Crippen LogP contribution < -0.4 is 64.5 Å². The molecule has 1 saturated heterocycles. The van der Waals surface area contributed by atoms with Gasteiger partial charge in [-0.05, 0) is 189 Å². The van der Waals surface area contributed by atoms with Crippen molar-refractivity contribution >= 4 is 81.8 Å². The molecule has 0 aromatic heterocycles. The molecule has 18 N–H and O–H groups in total. The second-order valence-corrected chi connectivity index (χ2v) is 40.7. The van der Waals surface area contributed by atoms with E-state index < -0.39 is 144 Å². The molecule has 0 bridgehead atoms. The summed E-state index contributed by atoms with van der Waals surface area (Å²) in [4.78, 5) is 157. The Hall–Kier alpha value is -10.4. The number of primary amides is 1. The topological polar surface area (TPSA) is 521 Å². The van der Waals surface area contributed by atoms with E-state index in [2.05, 4.69) is 67.7 Å². The van der Waals surface area contributed by atoms with Crippen molar-refractivity contribution in [2.45, 2.75) is 287 Å². The van der Waals surface area contributed by atoms with Crippen molar-refractivity contribution in [3.05, 3.63) is 141 Å². The van der Waals surface area contributed by atoms with Crippen LogP contribution in [-0.2, 0) is 113 Å². The number of aliphatic hydroxyl groups excluding tert-OH is 5. The third kappa shape index (κ3) is 26.1. The number of nitrogens with one attached hydrogen (secondary N) is 10. The quantitative estimate of drug-likeness (QED) is 0.0181. The van der Waals surface area contributed by atoms with E-state index in [9.17, 15) is 78.6 Å². The van der Waals surface area contributed by atoms with Crippen molar-refractivity contribution in [2.24, 2.45) is 40.2 Å². The fourth-order valence-electron chi connectivity index (χ4n) is 23.0. The Morgan fingerprint density at radius 1 is 0.582 bits per heavy atom. The van der Waals surface area contributed by atoms with Gasteiger partial charge in [0.15, 0.2) is 17.8 Å². The van der Waals surface area contributed by atoms with Crippen molar-refractivity contribution in [2.75, 3.05) is 97.7 Å². The van der Waals surface area contributed by atoms with Gasteiger partial charge in [-0.1, -0.05) is 134 Å². The molecule has 4 aliphatic heterocycles. The van der Waals surface area contributed by atoms with Crippen LogP contribution in [0.2, 0.25) is 0 Å². The number of Topliss-reactive ketones (excluding diaryl/α,β-unsaturated/α-hetero) is 3. The zero-order valence-corrected chi connectivity index (χ0v) is 82.6. The highest BCUT2D eigenvalue weighted by molar-refractivity contribution is 6.04. The first kappa shape index (κ1) is 108. The fourth-order valence-corrected chi connectivity index (χ4v) is 23.0. The second kappa shape index (κ2) is 49.7. The van der Waals surface area contributed by atoms with Gasteiger partial charge in [0.1, 0.15) is 60.7 Å². The lowest BCUT2D eigenvalue weighted by atomic mass is 9.49. The van der Waals surface area contributed by atoms with Gasteiger partial charge in [-0.25, -0.2) is 4.79 Å². The number of nitrogens with two attached hydrogens (primary N) is 1. The van der Waals surface area contributed by atoms with E-state index in [0.29, 0.717) is 87.9 Å². The van der Waals surface area contributed by atoms with Crippen LogP contribution in [-0.4, -0.2) is 253 Å². The van der Waals surface area contributed by atoms with Crippen LogP contribution in [0.4, 0.5) is 10.5 Å². The Bertz CT molecular complexity index is 5150. The molecular formula is C104H148N14O23. The number of ketones is 3. The van der Waals surface area contributed by atoms with Gasteiger partial charge in [-0.15, -0.1) is 11.1 Å². The summed E-state index contributed by atoms with van der Waals surface area (Å²) in [5.41, 5.74) is 26.9. The van der Waals surface area contributed by atoms with Crippen LogP contribution in [0.1, 0.15) is 240 Å². The summed E-state index contributed by atoms with van der Waals surface area (Å²) in [6.45, 7) is 12.1. The molecule has 9 amide bonds. The van der Waals surface area contributed by atoms with Crippen molar-refractivity contribution in [1.82, 2.24) is 63.8 Å². The number of aromatic hydroxyl groups is 1. The van der Waals surface area contributed by atoms with Crippen LogP contribution in [0.15, 0.2) is 96.3 Å². The number of phenols is 1. The molecule has 4 aromatic rings. The molecule has 13 rings (SSSR count). The number of aryl methyl sites for hydroxylation is 2. The van der Waals surface area contributed by atoms with E-state index in [1.54, 1.807) is 24.8 Å². The maximum Gasteiger partial charge on any atom is 0.312 e. The number of fused-ring (bicyclic) bond motifs is 10. The van der Waals surface area contributed by atoms with Crippen LogP contribution in [0.25, 0.3) is 11.4 Å². The third-order valence-electron chi connectivity index (χ3n) is 30.7. The Labute approximate surface area is 825 Å². The van der Waals surface area contributed by atoms with E-state index in [-0.39, 0.29) is 170 Å². The summed E-state index contributed by atoms with van der Waals surface area (Å²) in [6.07, 6.45) is 3.72. The number of hydrogen-bond acceptors (Lipinski definition) is 29. The van der Waals surface area contributed by atoms with E-state index in [0.717, 1.165) is 102 Å². The van der Waals surface area contributed by atoms with Crippen LogP contribution in [0, 0.1) is 34.5 Å². The summed E-state index contributed by atoms with van der Waals surface area (Å²) in [5.74, 6) is -6.05. The minimum absolute atomic E-state index is 0.00738. The number of nitrogens with zero attached hydrogens (tertiary/aromatic N) is 3. The zero-order valence-electron chi connectivity index (χ0n) is 82.6. The SMILES string of the molecule is CC(C)[C@H](NC(=O)[C@@H](CCCCNC(=O)COC1CCCCCC2=C1NNN2[C@@H]1O[C@H](CO)[C@H](O)[C@H](O)[C@H]1O)NC(=O)CCOCCOCCOCCOCCCC(=O)CCC(=O)N1Cc2ccccc2C2=C(NNN2C)c2ccccc21)C(=O)C[C@@H](CCCNC(N)=O)C(=O)N[C@@H](CO)C(=O)Cc1ccc2c(c1)[C@@]1(C)CCC[C@](C)(C(=O)NC(=O)[C@@]3(C)CCC[C@]4(C)c5cc(O)ccc5CC[C@@H]34)[C@@H]1CC2. The number of unbranched alkanes of at least 4 members (excludes halogenated alkanes) is 1. The molecule has 772 valence electrons. The first-order chi connectivity index (χ1) is 67.7. The molecule has 3 fully saturated rings. The number of urea groups is 1. The number of hydrazine groups is 4. The van der Waals surface area contributed by atoms with Gasteiger partial charge in [-0.3, -0.25) is 63.3 Å². The second-order valence-electron chi connectivity index (χ2n) is 40.7.